The minimum absolute atomic E-state index is 0.109. The van der Waals surface area contributed by atoms with Gasteiger partial charge in [-0.15, -0.1) is 0 Å². The van der Waals surface area contributed by atoms with Crippen LogP contribution in [0.1, 0.15) is 33.1 Å². The van der Waals surface area contributed by atoms with Gasteiger partial charge in [-0.05, 0) is 53.9 Å². The molecule has 7 heteroatoms. The molecule has 0 spiro atoms. The maximum Gasteiger partial charge on any atom is 0.269 e. The summed E-state index contributed by atoms with van der Waals surface area (Å²) in [6.45, 7) is 0. The predicted molar refractivity (Wildman–Crippen MR) is 106 cm³/mol. The predicted octanol–water partition coefficient (Wildman–Crippen LogP) is 4.44. The van der Waals surface area contributed by atoms with Crippen molar-refractivity contribution in [3.8, 4) is 17.0 Å². The summed E-state index contributed by atoms with van der Waals surface area (Å²) in [6, 6.07) is 11.3. The lowest BCUT2D eigenvalue weighted by Gasteiger charge is -2.26. The maximum atomic E-state index is 12.4. The number of halogens is 2. The van der Waals surface area contributed by atoms with Gasteiger partial charge >= 0.3 is 0 Å². The molecule has 5 nitrogen and oxygen atoms in total. The minimum Gasteiger partial charge on any atom is -0.497 e. The Hall–Kier alpha value is -2.50. The molecule has 2 aromatic carbocycles. The van der Waals surface area contributed by atoms with E-state index in [0.717, 1.165) is 33.7 Å². The summed E-state index contributed by atoms with van der Waals surface area (Å²) in [6.07, 6.45) is 0.680. The van der Waals surface area contributed by atoms with Crippen LogP contribution in [-0.2, 0) is 6.42 Å². The standard InChI is InChI=1S/C20H17Cl2N3O2/c1-23-20(26)19-17-16(10-5-12(21)9-13(22)6-10)8-11-7-14(27-2)3-4-15(11)18(17)24-25-19/h3-7,9,16H,8H2,1-2H3,(H,23,26)(H,24,25). The zero-order valence-corrected chi connectivity index (χ0v) is 16.3. The van der Waals surface area contributed by atoms with Gasteiger partial charge in [-0.3, -0.25) is 9.89 Å². The molecule has 3 aromatic rings. The number of benzene rings is 2. The first-order valence-corrected chi connectivity index (χ1v) is 9.21. The molecule has 0 radical (unpaired) electrons. The van der Waals surface area contributed by atoms with E-state index < -0.39 is 0 Å². The van der Waals surface area contributed by atoms with Crippen molar-refractivity contribution in [2.75, 3.05) is 14.2 Å². The van der Waals surface area contributed by atoms with Crippen LogP contribution < -0.4 is 10.1 Å². The van der Waals surface area contributed by atoms with E-state index in [1.165, 1.54) is 0 Å². The highest BCUT2D eigenvalue weighted by molar-refractivity contribution is 6.34. The second-order valence-electron chi connectivity index (χ2n) is 6.42. The molecular formula is C20H17Cl2N3O2. The summed E-state index contributed by atoms with van der Waals surface area (Å²) in [5.41, 5.74) is 5.09. The van der Waals surface area contributed by atoms with E-state index in [9.17, 15) is 4.79 Å². The quantitative estimate of drug-likeness (QED) is 0.681. The third-order valence-electron chi connectivity index (χ3n) is 4.89. The fourth-order valence-corrected chi connectivity index (χ4v) is 4.22. The molecule has 0 fully saturated rings. The highest BCUT2D eigenvalue weighted by Gasteiger charge is 2.33. The van der Waals surface area contributed by atoms with Crippen molar-refractivity contribution in [2.45, 2.75) is 12.3 Å². The number of H-pyrrole nitrogens is 1. The van der Waals surface area contributed by atoms with Crippen LogP contribution in [0.25, 0.3) is 11.3 Å². The second kappa shape index (κ2) is 6.91. The van der Waals surface area contributed by atoms with E-state index in [-0.39, 0.29) is 11.8 Å². The fourth-order valence-electron chi connectivity index (χ4n) is 3.67. The smallest absolute Gasteiger partial charge is 0.269 e. The normalized spacial score (nSPS) is 15.0. The van der Waals surface area contributed by atoms with Crippen LogP contribution in [0.15, 0.2) is 36.4 Å². The largest absolute Gasteiger partial charge is 0.497 e. The number of carbonyl (C=O) groups excluding carboxylic acids is 1. The van der Waals surface area contributed by atoms with Gasteiger partial charge in [0.1, 0.15) is 11.4 Å². The molecule has 0 bridgehead atoms. The summed E-state index contributed by atoms with van der Waals surface area (Å²) in [5.74, 6) is 0.461. The summed E-state index contributed by atoms with van der Waals surface area (Å²) >= 11 is 12.5. The van der Waals surface area contributed by atoms with Gasteiger partial charge in [0.15, 0.2) is 0 Å². The third-order valence-corrected chi connectivity index (χ3v) is 5.32. The van der Waals surface area contributed by atoms with E-state index >= 15 is 0 Å². The lowest BCUT2D eigenvalue weighted by molar-refractivity contribution is 0.0957. The molecule has 1 aliphatic rings. The van der Waals surface area contributed by atoms with Gasteiger partial charge in [0.2, 0.25) is 0 Å². The van der Waals surface area contributed by atoms with Gasteiger partial charge in [-0.2, -0.15) is 5.10 Å². The van der Waals surface area contributed by atoms with Gasteiger partial charge in [0, 0.05) is 34.1 Å². The number of hydrogen-bond acceptors (Lipinski definition) is 3. The number of fused-ring (bicyclic) bond motifs is 3. The van der Waals surface area contributed by atoms with Crippen molar-refractivity contribution in [3.63, 3.8) is 0 Å². The first kappa shape index (κ1) is 17.9. The molecule has 2 N–H and O–H groups in total. The molecule has 1 heterocycles. The zero-order chi connectivity index (χ0) is 19.1. The Balaban J connectivity index is 1.95. The highest BCUT2D eigenvalue weighted by atomic mass is 35.5. The number of aromatic nitrogens is 2. The van der Waals surface area contributed by atoms with Crippen molar-refractivity contribution in [3.05, 3.63) is 68.8 Å². The Labute approximate surface area is 166 Å². The molecule has 1 unspecified atom stereocenters. The van der Waals surface area contributed by atoms with Crippen molar-refractivity contribution >= 4 is 29.1 Å². The Morgan fingerprint density at radius 1 is 1.22 bits per heavy atom. The molecule has 27 heavy (non-hydrogen) atoms. The van der Waals surface area contributed by atoms with Gasteiger partial charge in [0.25, 0.3) is 5.91 Å². The topological polar surface area (TPSA) is 67.0 Å². The van der Waals surface area contributed by atoms with Crippen molar-refractivity contribution in [2.24, 2.45) is 0 Å². The molecule has 138 valence electrons. The van der Waals surface area contributed by atoms with Crippen LogP contribution in [0, 0.1) is 0 Å². The zero-order valence-electron chi connectivity index (χ0n) is 14.8. The van der Waals surface area contributed by atoms with Crippen molar-refractivity contribution in [1.29, 1.82) is 0 Å². The second-order valence-corrected chi connectivity index (χ2v) is 7.30. The first-order chi connectivity index (χ1) is 13.0. The Bertz CT molecular complexity index is 1030. The Kier molecular flexibility index (Phi) is 4.58. The fraction of sp³-hybridized carbons (Fsp3) is 0.200. The van der Waals surface area contributed by atoms with Crippen LogP contribution in [0.3, 0.4) is 0 Å². The lowest BCUT2D eigenvalue weighted by Crippen LogP contribution is -2.22. The number of ether oxygens (including phenoxy) is 1. The molecule has 1 amide bonds. The van der Waals surface area contributed by atoms with Crippen LogP contribution in [0.2, 0.25) is 10.0 Å². The van der Waals surface area contributed by atoms with Gasteiger partial charge < -0.3 is 10.1 Å². The molecular weight excluding hydrogens is 385 g/mol. The van der Waals surface area contributed by atoms with Crippen molar-refractivity contribution < 1.29 is 9.53 Å². The number of rotatable bonds is 3. The molecule has 0 saturated carbocycles. The number of nitrogens with zero attached hydrogens (tertiary/aromatic N) is 1. The highest BCUT2D eigenvalue weighted by Crippen LogP contribution is 2.45. The van der Waals surface area contributed by atoms with E-state index in [0.29, 0.717) is 22.2 Å². The average Bonchev–Trinajstić information content (AvgIpc) is 3.10. The van der Waals surface area contributed by atoms with Gasteiger partial charge in [-0.25, -0.2) is 0 Å². The molecule has 1 aromatic heterocycles. The number of hydrogen-bond donors (Lipinski definition) is 2. The molecule has 1 aliphatic carbocycles. The van der Waals surface area contributed by atoms with E-state index in [4.69, 9.17) is 27.9 Å². The molecule has 4 rings (SSSR count). The average molecular weight is 402 g/mol. The van der Waals surface area contributed by atoms with Gasteiger partial charge in [0.05, 0.1) is 12.8 Å². The molecule has 1 atom stereocenters. The summed E-state index contributed by atoms with van der Waals surface area (Å²) in [7, 11) is 3.24. The number of carbonyl (C=O) groups is 1. The monoisotopic (exact) mass is 401 g/mol. The SMILES string of the molecule is CNC(=O)c1[nH]nc2c1C(c1cc(Cl)cc(Cl)c1)Cc1cc(OC)ccc1-2. The Morgan fingerprint density at radius 3 is 2.63 bits per heavy atom. The summed E-state index contributed by atoms with van der Waals surface area (Å²) < 4.78 is 5.37. The van der Waals surface area contributed by atoms with Crippen LogP contribution in [0.4, 0.5) is 0 Å². The third kappa shape index (κ3) is 3.07. The molecule has 0 aliphatic heterocycles. The van der Waals surface area contributed by atoms with Crippen LogP contribution in [0.5, 0.6) is 5.75 Å². The number of nitrogens with one attached hydrogen (secondary N) is 2. The van der Waals surface area contributed by atoms with Crippen LogP contribution in [-0.4, -0.2) is 30.3 Å². The number of aromatic amines is 1. The maximum absolute atomic E-state index is 12.4. The summed E-state index contributed by atoms with van der Waals surface area (Å²) in [4.78, 5) is 12.4. The van der Waals surface area contributed by atoms with Crippen molar-refractivity contribution in [1.82, 2.24) is 15.5 Å². The summed E-state index contributed by atoms with van der Waals surface area (Å²) in [5, 5.41) is 11.1. The lowest BCUT2D eigenvalue weighted by atomic mass is 9.77. The van der Waals surface area contributed by atoms with Crippen LogP contribution >= 0.6 is 23.2 Å². The van der Waals surface area contributed by atoms with Gasteiger partial charge in [-0.1, -0.05) is 23.2 Å². The first-order valence-electron chi connectivity index (χ1n) is 8.45. The van der Waals surface area contributed by atoms with E-state index in [2.05, 4.69) is 15.5 Å². The van der Waals surface area contributed by atoms with E-state index in [1.54, 1.807) is 20.2 Å². The molecule has 0 saturated heterocycles. The van der Waals surface area contributed by atoms with E-state index in [1.807, 2.05) is 30.3 Å². The number of amides is 1. The minimum atomic E-state index is -0.209. The Morgan fingerprint density at radius 2 is 1.96 bits per heavy atom. The number of methoxy groups -OCH3 is 1.